The number of fused-ring (bicyclic) bond motifs is 2. The van der Waals surface area contributed by atoms with E-state index >= 15 is 4.39 Å². The molecule has 130 valence electrons. The van der Waals surface area contributed by atoms with E-state index in [1.54, 1.807) is 0 Å². The van der Waals surface area contributed by atoms with E-state index in [-0.39, 0.29) is 17.3 Å². The van der Waals surface area contributed by atoms with Crippen molar-refractivity contribution < 1.29 is 8.78 Å². The van der Waals surface area contributed by atoms with Crippen molar-refractivity contribution in [2.45, 2.75) is 38.5 Å². The minimum absolute atomic E-state index is 0.0325. The van der Waals surface area contributed by atoms with Crippen molar-refractivity contribution in [2.75, 3.05) is 0 Å². The van der Waals surface area contributed by atoms with E-state index in [1.165, 1.54) is 11.6 Å². The van der Waals surface area contributed by atoms with Gasteiger partial charge < -0.3 is 0 Å². The number of aryl methyl sites for hydroxylation is 1. The average molecular weight is 347 g/mol. The zero-order chi connectivity index (χ0) is 18.3. The molecule has 0 fully saturated rings. The summed E-state index contributed by atoms with van der Waals surface area (Å²) in [5.41, 5.74) is 3.50. The maximum Gasteiger partial charge on any atom is 0.144 e. The molecule has 0 radical (unpaired) electrons. The molecule has 3 aromatic carbocycles. The predicted molar refractivity (Wildman–Crippen MR) is 99.2 cm³/mol. The quantitative estimate of drug-likeness (QED) is 0.572. The molecule has 0 aromatic heterocycles. The van der Waals surface area contributed by atoms with Gasteiger partial charge in [0.2, 0.25) is 0 Å². The summed E-state index contributed by atoms with van der Waals surface area (Å²) < 4.78 is 29.5. The minimum Gasteiger partial charge on any atom is -0.206 e. The summed E-state index contributed by atoms with van der Waals surface area (Å²) in [6.07, 6.45) is 2.75. The second-order valence-electron chi connectivity index (χ2n) is 6.99. The van der Waals surface area contributed by atoms with E-state index in [4.69, 9.17) is 5.26 Å². The van der Waals surface area contributed by atoms with Crippen LogP contribution < -0.4 is 0 Å². The van der Waals surface area contributed by atoms with Crippen LogP contribution in [0.15, 0.2) is 42.5 Å². The first-order chi connectivity index (χ1) is 12.6. The molecule has 4 rings (SSSR count). The topological polar surface area (TPSA) is 23.8 Å². The van der Waals surface area contributed by atoms with Crippen LogP contribution in [0.5, 0.6) is 0 Å². The van der Waals surface area contributed by atoms with Gasteiger partial charge in [0.15, 0.2) is 0 Å². The number of nitrogens with zero attached hydrogens (tertiary/aromatic N) is 1. The van der Waals surface area contributed by atoms with Gasteiger partial charge in [0, 0.05) is 5.39 Å². The standard InChI is InChI=1S/C23H19F2N/c1-2-14-3-8-20-15(11-14)6-10-21(23(20)25)17-7-9-19-16(12-17)4-5-18(13-26)22(19)24/h3-6,8,10-11,17H,2,7,9,12H2,1H3. The number of rotatable bonds is 2. The maximum absolute atomic E-state index is 15.1. The lowest BCUT2D eigenvalue weighted by Crippen LogP contribution is -2.16. The van der Waals surface area contributed by atoms with Crippen LogP contribution in [0.25, 0.3) is 10.8 Å². The van der Waals surface area contributed by atoms with E-state index in [0.29, 0.717) is 35.8 Å². The number of halogens is 2. The zero-order valence-corrected chi connectivity index (χ0v) is 14.7. The molecular formula is C23H19F2N. The van der Waals surface area contributed by atoms with E-state index in [2.05, 4.69) is 6.92 Å². The third kappa shape index (κ3) is 2.66. The number of benzene rings is 3. The highest BCUT2D eigenvalue weighted by atomic mass is 19.1. The second-order valence-corrected chi connectivity index (χ2v) is 6.99. The summed E-state index contributed by atoms with van der Waals surface area (Å²) in [5.74, 6) is -0.535. The summed E-state index contributed by atoms with van der Waals surface area (Å²) in [7, 11) is 0. The van der Waals surface area contributed by atoms with Crippen LogP contribution in [0.2, 0.25) is 0 Å². The molecule has 0 bridgehead atoms. The first-order valence-corrected chi connectivity index (χ1v) is 9.03. The van der Waals surface area contributed by atoms with Gasteiger partial charge in [0.1, 0.15) is 17.7 Å². The molecule has 0 amide bonds. The van der Waals surface area contributed by atoms with Gasteiger partial charge in [-0.2, -0.15) is 5.26 Å². The van der Waals surface area contributed by atoms with Gasteiger partial charge in [-0.05, 0) is 65.3 Å². The molecular weight excluding hydrogens is 328 g/mol. The Balaban J connectivity index is 1.72. The van der Waals surface area contributed by atoms with Gasteiger partial charge in [-0.1, -0.05) is 43.3 Å². The molecule has 1 aliphatic carbocycles. The fraction of sp³-hybridized carbons (Fsp3) is 0.261. The fourth-order valence-electron chi connectivity index (χ4n) is 4.05. The molecule has 0 saturated carbocycles. The Morgan fingerprint density at radius 3 is 2.69 bits per heavy atom. The molecule has 0 aliphatic heterocycles. The Morgan fingerprint density at radius 2 is 1.92 bits per heavy atom. The fourth-order valence-corrected chi connectivity index (χ4v) is 4.05. The molecule has 3 heteroatoms. The largest absolute Gasteiger partial charge is 0.206 e. The van der Waals surface area contributed by atoms with Crippen molar-refractivity contribution in [1.82, 2.24) is 0 Å². The molecule has 26 heavy (non-hydrogen) atoms. The Morgan fingerprint density at radius 1 is 1.08 bits per heavy atom. The molecule has 1 nitrogen and oxygen atoms in total. The normalized spacial score (nSPS) is 16.3. The number of hydrogen-bond acceptors (Lipinski definition) is 1. The molecule has 1 aliphatic rings. The van der Waals surface area contributed by atoms with Crippen molar-refractivity contribution in [3.63, 3.8) is 0 Å². The van der Waals surface area contributed by atoms with E-state index in [0.717, 1.165) is 17.4 Å². The van der Waals surface area contributed by atoms with Gasteiger partial charge in [-0.25, -0.2) is 8.78 Å². The lowest BCUT2D eigenvalue weighted by atomic mass is 9.79. The lowest BCUT2D eigenvalue weighted by Gasteiger charge is -2.26. The van der Waals surface area contributed by atoms with E-state index in [1.807, 2.05) is 42.5 Å². The predicted octanol–water partition coefficient (Wildman–Crippen LogP) is 5.82. The maximum atomic E-state index is 15.1. The van der Waals surface area contributed by atoms with Gasteiger partial charge >= 0.3 is 0 Å². The molecule has 0 saturated heterocycles. The van der Waals surface area contributed by atoms with Crippen LogP contribution in [-0.2, 0) is 19.3 Å². The van der Waals surface area contributed by atoms with Gasteiger partial charge in [-0.3, -0.25) is 0 Å². The second kappa shape index (κ2) is 6.53. The van der Waals surface area contributed by atoms with Gasteiger partial charge in [0.05, 0.1) is 5.56 Å². The molecule has 3 aromatic rings. The highest BCUT2D eigenvalue weighted by molar-refractivity contribution is 5.84. The van der Waals surface area contributed by atoms with Gasteiger partial charge in [-0.15, -0.1) is 0 Å². The van der Waals surface area contributed by atoms with Crippen molar-refractivity contribution in [1.29, 1.82) is 5.26 Å². The van der Waals surface area contributed by atoms with Crippen LogP contribution in [0.4, 0.5) is 8.78 Å². The summed E-state index contributed by atoms with van der Waals surface area (Å²) >= 11 is 0. The smallest absolute Gasteiger partial charge is 0.144 e. The highest BCUT2D eigenvalue weighted by Crippen LogP contribution is 2.37. The van der Waals surface area contributed by atoms with Crippen LogP contribution in [-0.4, -0.2) is 0 Å². The van der Waals surface area contributed by atoms with Crippen LogP contribution >= 0.6 is 0 Å². The number of nitriles is 1. The summed E-state index contributed by atoms with van der Waals surface area (Å²) in [5, 5.41) is 10.6. The Bertz CT molecular complexity index is 1050. The molecule has 1 unspecified atom stereocenters. The van der Waals surface area contributed by atoms with E-state index < -0.39 is 5.82 Å². The third-order valence-electron chi connectivity index (χ3n) is 5.57. The van der Waals surface area contributed by atoms with Crippen molar-refractivity contribution in [2.24, 2.45) is 0 Å². The summed E-state index contributed by atoms with van der Waals surface area (Å²) in [6.45, 7) is 2.09. The Labute approximate surface area is 151 Å². The lowest BCUT2D eigenvalue weighted by molar-refractivity contribution is 0.517. The Hall–Kier alpha value is -2.73. The first-order valence-electron chi connectivity index (χ1n) is 9.03. The monoisotopic (exact) mass is 347 g/mol. The van der Waals surface area contributed by atoms with Crippen molar-refractivity contribution >= 4 is 10.8 Å². The first kappa shape index (κ1) is 16.7. The molecule has 0 N–H and O–H groups in total. The molecule has 1 atom stereocenters. The zero-order valence-electron chi connectivity index (χ0n) is 14.7. The summed E-state index contributed by atoms with van der Waals surface area (Å²) in [4.78, 5) is 0. The minimum atomic E-state index is -0.408. The third-order valence-corrected chi connectivity index (χ3v) is 5.57. The van der Waals surface area contributed by atoms with Crippen molar-refractivity contribution in [3.05, 3.63) is 81.9 Å². The average Bonchev–Trinajstić information content (AvgIpc) is 2.68. The van der Waals surface area contributed by atoms with Crippen LogP contribution in [0.3, 0.4) is 0 Å². The van der Waals surface area contributed by atoms with E-state index in [9.17, 15) is 4.39 Å². The SMILES string of the molecule is CCc1ccc2c(F)c(C3CCc4c(ccc(C#N)c4F)C3)ccc2c1. The summed E-state index contributed by atoms with van der Waals surface area (Å²) in [6, 6.07) is 15.0. The molecule has 0 heterocycles. The van der Waals surface area contributed by atoms with Crippen molar-refractivity contribution in [3.8, 4) is 6.07 Å². The van der Waals surface area contributed by atoms with Crippen LogP contribution in [0, 0.1) is 23.0 Å². The number of hydrogen-bond donors (Lipinski definition) is 0. The van der Waals surface area contributed by atoms with Crippen LogP contribution in [0.1, 0.15) is 47.1 Å². The molecule has 0 spiro atoms. The highest BCUT2D eigenvalue weighted by Gasteiger charge is 2.26. The van der Waals surface area contributed by atoms with Gasteiger partial charge in [0.25, 0.3) is 0 Å². The Kier molecular flexibility index (Phi) is 4.20.